The molecule has 1 amide bonds. The van der Waals surface area contributed by atoms with Crippen LogP contribution in [-0.4, -0.2) is 5.91 Å². The van der Waals surface area contributed by atoms with Crippen LogP contribution in [0.4, 0.5) is 15.8 Å². The highest BCUT2D eigenvalue weighted by atomic mass is 127. The Labute approximate surface area is 123 Å². The Morgan fingerprint density at radius 2 is 1.89 bits per heavy atom. The van der Waals surface area contributed by atoms with Crippen molar-refractivity contribution in [1.82, 2.24) is 0 Å². The molecule has 0 aliphatic heterocycles. The summed E-state index contributed by atoms with van der Waals surface area (Å²) in [6.07, 6.45) is 0. The van der Waals surface area contributed by atoms with Gasteiger partial charge in [0.25, 0.3) is 5.91 Å². The number of rotatable bonds is 3. The lowest BCUT2D eigenvalue weighted by Crippen LogP contribution is -2.17. The van der Waals surface area contributed by atoms with Crippen LogP contribution in [0.25, 0.3) is 0 Å². The van der Waals surface area contributed by atoms with E-state index in [-0.39, 0.29) is 11.7 Å². The van der Waals surface area contributed by atoms with Gasteiger partial charge in [0.1, 0.15) is 5.82 Å². The second kappa shape index (κ2) is 5.98. The number of anilines is 2. The van der Waals surface area contributed by atoms with Gasteiger partial charge in [0.05, 0.1) is 16.9 Å². The fraction of sp³-hybridized carbons (Fsp3) is 0. The van der Waals surface area contributed by atoms with Crippen molar-refractivity contribution in [1.29, 1.82) is 0 Å². The molecule has 0 fully saturated rings. The van der Waals surface area contributed by atoms with E-state index in [4.69, 9.17) is 5.84 Å². The van der Waals surface area contributed by atoms with Gasteiger partial charge in [0.15, 0.2) is 0 Å². The number of carbonyl (C=O) groups excluding carboxylic acids is 1. The molecule has 0 aromatic heterocycles. The molecular weight excluding hydrogens is 360 g/mol. The van der Waals surface area contributed by atoms with Crippen LogP contribution in [-0.2, 0) is 0 Å². The zero-order valence-electron chi connectivity index (χ0n) is 9.78. The van der Waals surface area contributed by atoms with Crippen molar-refractivity contribution in [2.75, 3.05) is 10.7 Å². The average molecular weight is 371 g/mol. The summed E-state index contributed by atoms with van der Waals surface area (Å²) < 4.78 is 13.6. The van der Waals surface area contributed by atoms with Crippen LogP contribution in [0.15, 0.2) is 42.5 Å². The van der Waals surface area contributed by atoms with Gasteiger partial charge in [-0.3, -0.25) is 10.6 Å². The number of nitrogens with one attached hydrogen (secondary N) is 2. The quantitative estimate of drug-likeness (QED) is 0.442. The fourth-order valence-corrected chi connectivity index (χ4v) is 2.20. The second-order valence-corrected chi connectivity index (χ2v) is 4.93. The van der Waals surface area contributed by atoms with E-state index in [0.29, 0.717) is 20.5 Å². The van der Waals surface area contributed by atoms with Crippen molar-refractivity contribution in [3.05, 3.63) is 57.4 Å². The summed E-state index contributed by atoms with van der Waals surface area (Å²) in [6, 6.07) is 11.0. The van der Waals surface area contributed by atoms with Crippen LogP contribution in [0, 0.1) is 9.39 Å². The van der Waals surface area contributed by atoms with Crippen molar-refractivity contribution < 1.29 is 9.18 Å². The molecule has 0 saturated carbocycles. The standard InChI is InChI=1S/C13H11FIN3O/c14-8-5-6-12(10(15)7-8)17-13(19)9-3-1-2-4-11(9)18-16/h1-7,18H,16H2,(H,17,19). The molecule has 6 heteroatoms. The Kier molecular flexibility index (Phi) is 4.33. The van der Waals surface area contributed by atoms with Crippen LogP contribution in [0.3, 0.4) is 0 Å². The number of para-hydroxylation sites is 1. The number of amides is 1. The number of nitrogen functional groups attached to an aromatic ring is 1. The summed E-state index contributed by atoms with van der Waals surface area (Å²) in [6.45, 7) is 0. The van der Waals surface area contributed by atoms with Crippen molar-refractivity contribution in [2.24, 2.45) is 5.84 Å². The van der Waals surface area contributed by atoms with Crippen LogP contribution < -0.4 is 16.6 Å². The summed E-state index contributed by atoms with van der Waals surface area (Å²) in [7, 11) is 0. The van der Waals surface area contributed by atoms with Gasteiger partial charge in [-0.2, -0.15) is 0 Å². The molecule has 2 rings (SSSR count). The van der Waals surface area contributed by atoms with Crippen LogP contribution in [0.2, 0.25) is 0 Å². The van der Waals surface area contributed by atoms with E-state index in [0.717, 1.165) is 0 Å². The highest BCUT2D eigenvalue weighted by Gasteiger charge is 2.12. The lowest BCUT2D eigenvalue weighted by molar-refractivity contribution is 0.102. The van der Waals surface area contributed by atoms with E-state index < -0.39 is 0 Å². The van der Waals surface area contributed by atoms with Gasteiger partial charge in [-0.15, -0.1) is 0 Å². The van der Waals surface area contributed by atoms with Gasteiger partial charge < -0.3 is 10.7 Å². The van der Waals surface area contributed by atoms with E-state index in [1.165, 1.54) is 18.2 Å². The van der Waals surface area contributed by atoms with E-state index in [1.54, 1.807) is 24.3 Å². The van der Waals surface area contributed by atoms with E-state index in [2.05, 4.69) is 10.7 Å². The lowest BCUT2D eigenvalue weighted by Gasteiger charge is -2.10. The van der Waals surface area contributed by atoms with Crippen LogP contribution >= 0.6 is 22.6 Å². The molecule has 2 aromatic carbocycles. The molecule has 4 N–H and O–H groups in total. The van der Waals surface area contributed by atoms with Gasteiger partial charge in [-0.1, -0.05) is 12.1 Å². The Balaban J connectivity index is 2.26. The molecule has 0 radical (unpaired) electrons. The van der Waals surface area contributed by atoms with E-state index in [9.17, 15) is 9.18 Å². The largest absolute Gasteiger partial charge is 0.323 e. The number of carbonyl (C=O) groups is 1. The number of nitrogens with two attached hydrogens (primary N) is 1. The first-order valence-corrected chi connectivity index (χ1v) is 6.51. The van der Waals surface area contributed by atoms with Gasteiger partial charge in [-0.25, -0.2) is 4.39 Å². The van der Waals surface area contributed by atoms with E-state index in [1.807, 2.05) is 22.6 Å². The third-order valence-electron chi connectivity index (χ3n) is 2.51. The van der Waals surface area contributed by atoms with Crippen LogP contribution in [0.1, 0.15) is 10.4 Å². The molecule has 0 spiro atoms. The van der Waals surface area contributed by atoms with Crippen molar-refractivity contribution in [3.63, 3.8) is 0 Å². The molecule has 0 heterocycles. The lowest BCUT2D eigenvalue weighted by atomic mass is 10.1. The zero-order valence-corrected chi connectivity index (χ0v) is 11.9. The summed E-state index contributed by atoms with van der Waals surface area (Å²) in [5, 5.41) is 2.72. The first-order chi connectivity index (χ1) is 9.11. The Bertz CT molecular complexity index is 619. The Morgan fingerprint density at radius 3 is 2.58 bits per heavy atom. The molecule has 0 unspecified atom stereocenters. The third-order valence-corrected chi connectivity index (χ3v) is 3.40. The number of hydrogen-bond donors (Lipinski definition) is 3. The number of benzene rings is 2. The molecule has 0 aliphatic rings. The van der Waals surface area contributed by atoms with Crippen molar-refractivity contribution in [3.8, 4) is 0 Å². The maximum atomic E-state index is 13.0. The van der Waals surface area contributed by atoms with Crippen LogP contribution in [0.5, 0.6) is 0 Å². The predicted molar refractivity (Wildman–Crippen MR) is 81.3 cm³/mol. The van der Waals surface area contributed by atoms with Crippen molar-refractivity contribution >= 4 is 39.9 Å². The Hall–Kier alpha value is -1.67. The van der Waals surface area contributed by atoms with Gasteiger partial charge in [0.2, 0.25) is 0 Å². The molecule has 4 nitrogen and oxygen atoms in total. The third kappa shape index (κ3) is 3.21. The number of hydrazine groups is 1. The minimum atomic E-state index is -0.341. The number of halogens is 2. The minimum Gasteiger partial charge on any atom is -0.323 e. The Morgan fingerprint density at radius 1 is 1.16 bits per heavy atom. The van der Waals surface area contributed by atoms with Gasteiger partial charge in [-0.05, 0) is 52.9 Å². The summed E-state index contributed by atoms with van der Waals surface area (Å²) in [5.41, 5.74) is 3.96. The maximum Gasteiger partial charge on any atom is 0.257 e. The van der Waals surface area contributed by atoms with E-state index >= 15 is 0 Å². The monoisotopic (exact) mass is 371 g/mol. The molecule has 19 heavy (non-hydrogen) atoms. The van der Waals surface area contributed by atoms with Crippen molar-refractivity contribution in [2.45, 2.75) is 0 Å². The summed E-state index contributed by atoms with van der Waals surface area (Å²) >= 11 is 1.96. The molecular formula is C13H11FIN3O. The smallest absolute Gasteiger partial charge is 0.257 e. The molecule has 0 aliphatic carbocycles. The molecule has 0 saturated heterocycles. The molecule has 2 aromatic rings. The van der Waals surface area contributed by atoms with Gasteiger partial charge in [0, 0.05) is 3.57 Å². The fourth-order valence-electron chi connectivity index (χ4n) is 1.59. The second-order valence-electron chi connectivity index (χ2n) is 3.77. The molecule has 0 atom stereocenters. The first kappa shape index (κ1) is 13.8. The topological polar surface area (TPSA) is 67.1 Å². The first-order valence-electron chi connectivity index (χ1n) is 5.44. The summed E-state index contributed by atoms with van der Waals surface area (Å²) in [5.74, 6) is 4.70. The molecule has 98 valence electrons. The van der Waals surface area contributed by atoms with Gasteiger partial charge >= 0.3 is 0 Å². The zero-order chi connectivity index (χ0) is 13.8. The predicted octanol–water partition coefficient (Wildman–Crippen LogP) is 2.97. The average Bonchev–Trinajstić information content (AvgIpc) is 2.41. The maximum absolute atomic E-state index is 13.0. The SMILES string of the molecule is NNc1ccccc1C(=O)Nc1ccc(F)cc1I. The summed E-state index contributed by atoms with van der Waals surface area (Å²) in [4.78, 5) is 12.1. The highest BCUT2D eigenvalue weighted by Crippen LogP contribution is 2.21. The highest BCUT2D eigenvalue weighted by molar-refractivity contribution is 14.1. The minimum absolute atomic E-state index is 0.307. The number of hydrogen-bond acceptors (Lipinski definition) is 3. The molecule has 0 bridgehead atoms. The normalized spacial score (nSPS) is 10.1.